The average molecular weight is 396 g/mol. The van der Waals surface area contributed by atoms with E-state index in [1.807, 2.05) is 24.3 Å². The normalized spacial score (nSPS) is 13.4. The monoisotopic (exact) mass is 395 g/mol. The summed E-state index contributed by atoms with van der Waals surface area (Å²) < 4.78 is 5.71. The van der Waals surface area contributed by atoms with Crippen molar-refractivity contribution >= 4 is 17.5 Å². The highest BCUT2D eigenvalue weighted by molar-refractivity contribution is 6.30. The maximum atomic E-state index is 12.9. The van der Waals surface area contributed by atoms with E-state index in [-0.39, 0.29) is 36.1 Å². The molecule has 1 aliphatic rings. The molecule has 2 N–H and O–H groups in total. The van der Waals surface area contributed by atoms with Crippen LogP contribution in [-0.2, 0) is 6.54 Å². The lowest BCUT2D eigenvalue weighted by Gasteiger charge is -2.20. The minimum Gasteiger partial charge on any atom is -0.507 e. The molecule has 0 saturated heterocycles. The Balaban J connectivity index is 1.71. The SMILES string of the molecule is O=C(c1ccccc1O)N1CCOc2c(O)cc(-c3cccc(Cl)c3)cc2C1. The number of ether oxygens (including phenoxy) is 1. The molecule has 1 aliphatic heterocycles. The van der Waals surface area contributed by atoms with Gasteiger partial charge in [-0.05, 0) is 47.5 Å². The second-order valence-electron chi connectivity index (χ2n) is 6.59. The second-order valence-corrected chi connectivity index (χ2v) is 7.02. The molecule has 4 rings (SSSR count). The van der Waals surface area contributed by atoms with Crippen LogP contribution in [0.1, 0.15) is 15.9 Å². The van der Waals surface area contributed by atoms with E-state index < -0.39 is 0 Å². The summed E-state index contributed by atoms with van der Waals surface area (Å²) in [5, 5.41) is 21.1. The fraction of sp³-hybridized carbons (Fsp3) is 0.136. The number of carbonyl (C=O) groups is 1. The number of amides is 1. The number of halogens is 1. The number of fused-ring (bicyclic) bond motifs is 1. The fourth-order valence-electron chi connectivity index (χ4n) is 3.33. The predicted octanol–water partition coefficient (Wildman–Crippen LogP) is 4.45. The number of carbonyl (C=O) groups excluding carboxylic acids is 1. The lowest BCUT2D eigenvalue weighted by Crippen LogP contribution is -2.32. The number of aromatic hydroxyl groups is 2. The maximum Gasteiger partial charge on any atom is 0.258 e. The molecule has 0 radical (unpaired) electrons. The van der Waals surface area contributed by atoms with Gasteiger partial charge in [-0.15, -0.1) is 0 Å². The van der Waals surface area contributed by atoms with Gasteiger partial charge in [0.25, 0.3) is 5.91 Å². The van der Waals surface area contributed by atoms with Crippen molar-refractivity contribution in [1.29, 1.82) is 0 Å². The van der Waals surface area contributed by atoms with Gasteiger partial charge < -0.3 is 19.8 Å². The van der Waals surface area contributed by atoms with Gasteiger partial charge in [0.1, 0.15) is 12.4 Å². The van der Waals surface area contributed by atoms with Crippen LogP contribution in [0.15, 0.2) is 60.7 Å². The van der Waals surface area contributed by atoms with Crippen molar-refractivity contribution in [3.05, 3.63) is 76.8 Å². The van der Waals surface area contributed by atoms with E-state index in [1.165, 1.54) is 6.07 Å². The molecule has 0 fully saturated rings. The van der Waals surface area contributed by atoms with Crippen LogP contribution in [0.5, 0.6) is 17.2 Å². The summed E-state index contributed by atoms with van der Waals surface area (Å²) in [5.74, 6) is 0.0401. The first kappa shape index (κ1) is 18.2. The number of benzene rings is 3. The van der Waals surface area contributed by atoms with Crippen LogP contribution in [0.4, 0.5) is 0 Å². The zero-order valence-corrected chi connectivity index (χ0v) is 15.7. The van der Waals surface area contributed by atoms with E-state index in [9.17, 15) is 15.0 Å². The van der Waals surface area contributed by atoms with Crippen molar-refractivity contribution in [1.82, 2.24) is 4.90 Å². The summed E-state index contributed by atoms with van der Waals surface area (Å²) in [4.78, 5) is 14.5. The standard InChI is InChI=1S/C22H18ClNO4/c23-17-5-3-4-14(11-17)15-10-16-13-24(8-9-28-21(16)20(26)12-15)22(27)18-6-1-2-7-19(18)25/h1-7,10-12,25-26H,8-9,13H2. The van der Waals surface area contributed by atoms with Crippen molar-refractivity contribution in [2.45, 2.75) is 6.54 Å². The number of hydrogen-bond acceptors (Lipinski definition) is 4. The van der Waals surface area contributed by atoms with Gasteiger partial charge >= 0.3 is 0 Å². The minimum absolute atomic E-state index is 0.0179. The first-order valence-electron chi connectivity index (χ1n) is 8.85. The van der Waals surface area contributed by atoms with Gasteiger partial charge in [-0.2, -0.15) is 0 Å². The van der Waals surface area contributed by atoms with E-state index in [1.54, 1.807) is 35.2 Å². The lowest BCUT2D eigenvalue weighted by atomic mass is 10.0. The predicted molar refractivity (Wildman–Crippen MR) is 107 cm³/mol. The van der Waals surface area contributed by atoms with Crippen molar-refractivity contribution in [2.24, 2.45) is 0 Å². The molecule has 3 aromatic rings. The molecule has 1 heterocycles. The Morgan fingerprint density at radius 1 is 0.964 bits per heavy atom. The molecule has 0 aromatic heterocycles. The molecular weight excluding hydrogens is 378 g/mol. The number of rotatable bonds is 2. The Kier molecular flexibility index (Phi) is 4.84. The zero-order chi connectivity index (χ0) is 19.7. The van der Waals surface area contributed by atoms with Crippen molar-refractivity contribution in [3.8, 4) is 28.4 Å². The van der Waals surface area contributed by atoms with E-state index in [0.717, 1.165) is 11.1 Å². The second kappa shape index (κ2) is 7.44. The van der Waals surface area contributed by atoms with Crippen molar-refractivity contribution in [2.75, 3.05) is 13.2 Å². The Labute approximate surface area is 167 Å². The van der Waals surface area contributed by atoms with Gasteiger partial charge in [0.05, 0.1) is 12.1 Å². The molecule has 0 saturated carbocycles. The quantitative estimate of drug-likeness (QED) is 0.672. The summed E-state index contributed by atoms with van der Waals surface area (Å²) >= 11 is 6.09. The molecule has 0 spiro atoms. The first-order chi connectivity index (χ1) is 13.5. The van der Waals surface area contributed by atoms with Crippen LogP contribution in [-0.4, -0.2) is 34.2 Å². The molecule has 3 aromatic carbocycles. The largest absolute Gasteiger partial charge is 0.507 e. The molecule has 0 atom stereocenters. The van der Waals surface area contributed by atoms with E-state index >= 15 is 0 Å². The number of phenols is 2. The highest BCUT2D eigenvalue weighted by atomic mass is 35.5. The molecule has 142 valence electrons. The van der Waals surface area contributed by atoms with Gasteiger partial charge in [-0.3, -0.25) is 4.79 Å². The molecule has 0 bridgehead atoms. The van der Waals surface area contributed by atoms with E-state index in [2.05, 4.69) is 0 Å². The van der Waals surface area contributed by atoms with Gasteiger partial charge in [-0.1, -0.05) is 35.9 Å². The highest BCUT2D eigenvalue weighted by Gasteiger charge is 2.25. The molecule has 28 heavy (non-hydrogen) atoms. The molecular formula is C22H18ClNO4. The fourth-order valence-corrected chi connectivity index (χ4v) is 3.52. The van der Waals surface area contributed by atoms with Crippen molar-refractivity contribution < 1.29 is 19.7 Å². The summed E-state index contributed by atoms with van der Waals surface area (Å²) in [5.41, 5.74) is 2.56. The summed E-state index contributed by atoms with van der Waals surface area (Å²) in [6.45, 7) is 0.842. The summed E-state index contributed by atoms with van der Waals surface area (Å²) in [7, 11) is 0. The highest BCUT2D eigenvalue weighted by Crippen LogP contribution is 2.38. The molecule has 1 amide bonds. The van der Waals surface area contributed by atoms with Crippen LogP contribution in [0.2, 0.25) is 5.02 Å². The van der Waals surface area contributed by atoms with Gasteiger partial charge in [-0.25, -0.2) is 0 Å². The summed E-state index contributed by atoms with van der Waals surface area (Å²) in [6, 6.07) is 17.3. The first-order valence-corrected chi connectivity index (χ1v) is 9.22. The Bertz CT molecular complexity index is 1050. The Morgan fingerprint density at radius 3 is 2.57 bits per heavy atom. The number of phenolic OH excluding ortho intramolecular Hbond substituents is 2. The van der Waals surface area contributed by atoms with Crippen LogP contribution >= 0.6 is 11.6 Å². The van der Waals surface area contributed by atoms with Crippen LogP contribution < -0.4 is 4.74 Å². The molecule has 6 heteroatoms. The van der Waals surface area contributed by atoms with Gasteiger partial charge in [0, 0.05) is 17.1 Å². The molecule has 0 aliphatic carbocycles. The maximum absolute atomic E-state index is 12.9. The number of nitrogens with zero attached hydrogens (tertiary/aromatic N) is 1. The van der Waals surface area contributed by atoms with E-state index in [0.29, 0.717) is 22.9 Å². The smallest absolute Gasteiger partial charge is 0.258 e. The van der Waals surface area contributed by atoms with Crippen molar-refractivity contribution in [3.63, 3.8) is 0 Å². The van der Waals surface area contributed by atoms with Crippen LogP contribution in [0, 0.1) is 0 Å². The zero-order valence-electron chi connectivity index (χ0n) is 14.9. The molecule has 0 unspecified atom stereocenters. The molecule has 5 nitrogen and oxygen atoms in total. The third-order valence-corrected chi connectivity index (χ3v) is 4.93. The van der Waals surface area contributed by atoms with Gasteiger partial charge in [0.2, 0.25) is 0 Å². The third kappa shape index (κ3) is 3.49. The van der Waals surface area contributed by atoms with Crippen LogP contribution in [0.25, 0.3) is 11.1 Å². The number of para-hydroxylation sites is 1. The average Bonchev–Trinajstić information content (AvgIpc) is 2.91. The van der Waals surface area contributed by atoms with Gasteiger partial charge in [0.15, 0.2) is 11.5 Å². The lowest BCUT2D eigenvalue weighted by molar-refractivity contribution is 0.0730. The van der Waals surface area contributed by atoms with E-state index in [4.69, 9.17) is 16.3 Å². The number of hydrogen-bond donors (Lipinski definition) is 2. The van der Waals surface area contributed by atoms with Crippen LogP contribution in [0.3, 0.4) is 0 Å². The third-order valence-electron chi connectivity index (χ3n) is 4.69. The Hall–Kier alpha value is -3.18. The topological polar surface area (TPSA) is 70.0 Å². The minimum atomic E-state index is -0.290. The Morgan fingerprint density at radius 2 is 1.79 bits per heavy atom. The summed E-state index contributed by atoms with van der Waals surface area (Å²) in [6.07, 6.45) is 0.